The van der Waals surface area contributed by atoms with E-state index in [9.17, 15) is 0 Å². The van der Waals surface area contributed by atoms with Gasteiger partial charge >= 0.3 is 0 Å². The van der Waals surface area contributed by atoms with Gasteiger partial charge in [0.15, 0.2) is 0 Å². The van der Waals surface area contributed by atoms with Crippen LogP contribution in [0.25, 0.3) is 11.1 Å². The zero-order valence-electron chi connectivity index (χ0n) is 16.8. The second-order valence-electron chi connectivity index (χ2n) is 7.05. The molecule has 27 heavy (non-hydrogen) atoms. The van der Waals surface area contributed by atoms with Crippen molar-refractivity contribution in [3.8, 4) is 16.9 Å². The Labute approximate surface area is 163 Å². The third-order valence-corrected chi connectivity index (χ3v) is 5.12. The minimum atomic E-state index is 0.354. The lowest BCUT2D eigenvalue weighted by Gasteiger charge is -2.17. The number of aryl methyl sites for hydroxylation is 1. The van der Waals surface area contributed by atoms with Gasteiger partial charge in [0.2, 0.25) is 0 Å². The summed E-state index contributed by atoms with van der Waals surface area (Å²) in [5.41, 5.74) is 7.48. The maximum absolute atomic E-state index is 6.17. The molecule has 2 nitrogen and oxygen atoms in total. The average Bonchev–Trinajstić information content (AvgIpc) is 2.69. The Morgan fingerprint density at radius 2 is 1.70 bits per heavy atom. The molecule has 3 aromatic rings. The van der Waals surface area contributed by atoms with Crippen LogP contribution in [0.2, 0.25) is 0 Å². The number of ether oxygens (including phenoxy) is 1. The molecule has 140 valence electrons. The summed E-state index contributed by atoms with van der Waals surface area (Å²) in [4.78, 5) is 0. The van der Waals surface area contributed by atoms with Crippen molar-refractivity contribution < 1.29 is 4.74 Å². The van der Waals surface area contributed by atoms with Crippen LogP contribution in [0.5, 0.6) is 5.75 Å². The van der Waals surface area contributed by atoms with Crippen LogP contribution in [-0.4, -0.2) is 6.54 Å². The Morgan fingerprint density at radius 1 is 0.926 bits per heavy atom. The van der Waals surface area contributed by atoms with Gasteiger partial charge in [0.05, 0.1) is 0 Å². The van der Waals surface area contributed by atoms with Crippen LogP contribution < -0.4 is 10.1 Å². The van der Waals surface area contributed by atoms with Gasteiger partial charge in [-0.2, -0.15) is 0 Å². The first kappa shape index (κ1) is 19.2. The highest BCUT2D eigenvalue weighted by atomic mass is 16.5. The summed E-state index contributed by atoms with van der Waals surface area (Å²) >= 11 is 0. The first-order valence-corrected chi connectivity index (χ1v) is 9.70. The molecule has 0 aliphatic carbocycles. The third-order valence-electron chi connectivity index (χ3n) is 5.12. The van der Waals surface area contributed by atoms with Crippen LogP contribution in [0.1, 0.15) is 42.1 Å². The predicted molar refractivity (Wildman–Crippen MR) is 114 cm³/mol. The number of benzene rings is 3. The maximum Gasteiger partial charge on any atom is 0.122 e. The van der Waals surface area contributed by atoms with Gasteiger partial charge in [0, 0.05) is 6.04 Å². The lowest BCUT2D eigenvalue weighted by Crippen LogP contribution is -2.17. The molecule has 0 amide bonds. The molecule has 2 heteroatoms. The molecular formula is C25H29NO. The largest absolute Gasteiger partial charge is 0.489 e. The normalized spacial score (nSPS) is 12.0. The van der Waals surface area contributed by atoms with Crippen molar-refractivity contribution in [1.29, 1.82) is 0 Å². The van der Waals surface area contributed by atoms with Crippen molar-refractivity contribution in [2.75, 3.05) is 6.54 Å². The van der Waals surface area contributed by atoms with E-state index >= 15 is 0 Å². The SMILES string of the molecule is CCNC(C)c1ccc(OCc2cccc(-c3ccccc3)c2C)c(C)c1. The van der Waals surface area contributed by atoms with Gasteiger partial charge in [-0.15, -0.1) is 0 Å². The molecule has 0 saturated heterocycles. The molecular weight excluding hydrogens is 330 g/mol. The second kappa shape index (κ2) is 8.88. The highest BCUT2D eigenvalue weighted by molar-refractivity contribution is 5.68. The molecule has 1 N–H and O–H groups in total. The van der Waals surface area contributed by atoms with E-state index in [1.165, 1.54) is 33.4 Å². The lowest BCUT2D eigenvalue weighted by molar-refractivity contribution is 0.303. The fourth-order valence-electron chi connectivity index (χ4n) is 3.45. The van der Waals surface area contributed by atoms with Crippen molar-refractivity contribution in [3.63, 3.8) is 0 Å². The van der Waals surface area contributed by atoms with Crippen LogP contribution in [-0.2, 0) is 6.61 Å². The van der Waals surface area contributed by atoms with E-state index in [-0.39, 0.29) is 0 Å². The van der Waals surface area contributed by atoms with Crippen molar-refractivity contribution >= 4 is 0 Å². The van der Waals surface area contributed by atoms with E-state index in [2.05, 4.69) is 99.7 Å². The van der Waals surface area contributed by atoms with Crippen LogP contribution >= 0.6 is 0 Å². The summed E-state index contributed by atoms with van der Waals surface area (Å²) in [6, 6.07) is 23.8. The van der Waals surface area contributed by atoms with Gasteiger partial charge in [-0.1, -0.05) is 67.6 Å². The Balaban J connectivity index is 1.76. The predicted octanol–water partition coefficient (Wildman–Crippen LogP) is 6.22. The Bertz CT molecular complexity index is 886. The highest BCUT2D eigenvalue weighted by Crippen LogP contribution is 2.28. The quantitative estimate of drug-likeness (QED) is 0.541. The summed E-state index contributed by atoms with van der Waals surface area (Å²) in [5.74, 6) is 0.951. The van der Waals surface area contributed by atoms with Gasteiger partial charge in [0.25, 0.3) is 0 Å². The zero-order valence-corrected chi connectivity index (χ0v) is 16.8. The van der Waals surface area contributed by atoms with Gasteiger partial charge in [-0.3, -0.25) is 0 Å². The summed E-state index contributed by atoms with van der Waals surface area (Å²) in [6.07, 6.45) is 0. The Morgan fingerprint density at radius 3 is 2.41 bits per heavy atom. The molecule has 0 heterocycles. The summed E-state index contributed by atoms with van der Waals surface area (Å²) in [6.45, 7) is 10.2. The van der Waals surface area contributed by atoms with E-state index in [4.69, 9.17) is 4.74 Å². The van der Waals surface area contributed by atoms with E-state index in [1.807, 2.05) is 0 Å². The standard InChI is InChI=1S/C25H29NO/c1-5-26-20(4)22-14-15-25(18(2)16-22)27-17-23-12-9-13-24(19(23)3)21-10-7-6-8-11-21/h6-16,20,26H,5,17H2,1-4H3. The van der Waals surface area contributed by atoms with Crippen molar-refractivity contribution in [2.45, 2.75) is 40.3 Å². The first-order chi connectivity index (χ1) is 13.1. The highest BCUT2D eigenvalue weighted by Gasteiger charge is 2.09. The monoisotopic (exact) mass is 359 g/mol. The maximum atomic E-state index is 6.17. The van der Waals surface area contributed by atoms with Crippen molar-refractivity contribution in [3.05, 3.63) is 89.0 Å². The molecule has 3 rings (SSSR count). The van der Waals surface area contributed by atoms with E-state index in [0.29, 0.717) is 12.6 Å². The Kier molecular flexibility index (Phi) is 6.31. The third kappa shape index (κ3) is 4.58. The molecule has 1 unspecified atom stereocenters. The molecule has 3 aromatic carbocycles. The topological polar surface area (TPSA) is 21.3 Å². The summed E-state index contributed by atoms with van der Waals surface area (Å²) in [7, 11) is 0. The summed E-state index contributed by atoms with van der Waals surface area (Å²) < 4.78 is 6.17. The average molecular weight is 360 g/mol. The molecule has 0 saturated carbocycles. The molecule has 0 aliphatic rings. The smallest absolute Gasteiger partial charge is 0.122 e. The molecule has 0 spiro atoms. The molecule has 0 bridgehead atoms. The zero-order chi connectivity index (χ0) is 19.2. The molecule has 0 aliphatic heterocycles. The fourth-order valence-corrected chi connectivity index (χ4v) is 3.45. The molecule has 0 radical (unpaired) electrons. The number of rotatable bonds is 7. The van der Waals surface area contributed by atoms with Gasteiger partial charge in [-0.05, 0) is 66.8 Å². The summed E-state index contributed by atoms with van der Waals surface area (Å²) in [5, 5.41) is 3.45. The fraction of sp³-hybridized carbons (Fsp3) is 0.280. The minimum absolute atomic E-state index is 0.354. The van der Waals surface area contributed by atoms with E-state index in [0.717, 1.165) is 12.3 Å². The molecule has 1 atom stereocenters. The van der Waals surface area contributed by atoms with Crippen molar-refractivity contribution in [1.82, 2.24) is 5.32 Å². The lowest BCUT2D eigenvalue weighted by atomic mass is 9.97. The van der Waals surface area contributed by atoms with Crippen LogP contribution in [0.15, 0.2) is 66.7 Å². The number of nitrogens with one attached hydrogen (secondary N) is 1. The van der Waals surface area contributed by atoms with Gasteiger partial charge in [-0.25, -0.2) is 0 Å². The number of hydrogen-bond acceptors (Lipinski definition) is 2. The van der Waals surface area contributed by atoms with Crippen LogP contribution in [0.3, 0.4) is 0 Å². The number of hydrogen-bond donors (Lipinski definition) is 1. The van der Waals surface area contributed by atoms with Gasteiger partial charge in [0.1, 0.15) is 12.4 Å². The van der Waals surface area contributed by atoms with Crippen molar-refractivity contribution in [2.24, 2.45) is 0 Å². The second-order valence-corrected chi connectivity index (χ2v) is 7.05. The van der Waals surface area contributed by atoms with E-state index < -0.39 is 0 Å². The minimum Gasteiger partial charge on any atom is -0.489 e. The van der Waals surface area contributed by atoms with Crippen LogP contribution in [0, 0.1) is 13.8 Å². The van der Waals surface area contributed by atoms with Gasteiger partial charge < -0.3 is 10.1 Å². The molecule has 0 fully saturated rings. The Hall–Kier alpha value is -2.58. The van der Waals surface area contributed by atoms with Crippen LogP contribution in [0.4, 0.5) is 0 Å². The molecule has 0 aromatic heterocycles. The first-order valence-electron chi connectivity index (χ1n) is 9.70. The van der Waals surface area contributed by atoms with E-state index in [1.54, 1.807) is 0 Å².